The quantitative estimate of drug-likeness (QED) is 0.698. The van der Waals surface area contributed by atoms with Gasteiger partial charge in [0.05, 0.1) is 13.2 Å². The van der Waals surface area contributed by atoms with Gasteiger partial charge in [0.1, 0.15) is 5.25 Å². The van der Waals surface area contributed by atoms with Crippen LogP contribution in [0.25, 0.3) is 0 Å². The van der Waals surface area contributed by atoms with Gasteiger partial charge in [0.15, 0.2) is 9.84 Å². The number of carbonyl (C=O) groups is 1. The molecule has 0 aliphatic rings. The zero-order valence-corrected chi connectivity index (χ0v) is 9.88. The van der Waals surface area contributed by atoms with Crippen molar-refractivity contribution in [1.29, 1.82) is 0 Å². The molecule has 0 bridgehead atoms. The summed E-state index contributed by atoms with van der Waals surface area (Å²) in [7, 11) is -3.62. The van der Waals surface area contributed by atoms with E-state index >= 15 is 0 Å². The maximum atomic E-state index is 12.1. The molecule has 0 aliphatic heterocycles. The summed E-state index contributed by atoms with van der Waals surface area (Å²) in [6, 6.07) is 0. The van der Waals surface area contributed by atoms with Crippen LogP contribution in [-0.2, 0) is 14.6 Å². The molecule has 96 valence electrons. The minimum atomic E-state index is -3.62. The molecule has 0 saturated carbocycles. The van der Waals surface area contributed by atoms with Gasteiger partial charge in [0, 0.05) is 12.8 Å². The molecule has 0 radical (unpaired) electrons. The Morgan fingerprint density at radius 2 is 1.94 bits per heavy atom. The van der Waals surface area contributed by atoms with Crippen LogP contribution < -0.4 is 0 Å². The molecule has 5 nitrogen and oxygen atoms in total. The Labute approximate surface area is 93.0 Å². The molecule has 0 aromatic heterocycles. The predicted octanol–water partition coefficient (Wildman–Crippen LogP) is -0.494. The molecule has 1 N–H and O–H groups in total. The van der Waals surface area contributed by atoms with Gasteiger partial charge in [-0.05, 0) is 6.92 Å². The third-order valence-electron chi connectivity index (χ3n) is 2.03. The minimum absolute atomic E-state index is 0.303. The average molecular weight is 259 g/mol. The van der Waals surface area contributed by atoms with E-state index in [9.17, 15) is 22.0 Å². The van der Waals surface area contributed by atoms with Crippen LogP contribution in [0.1, 0.15) is 6.92 Å². The Bertz CT molecular complexity index is 331. The summed E-state index contributed by atoms with van der Waals surface area (Å²) in [5.74, 6) is -0.920. The third-order valence-corrected chi connectivity index (χ3v) is 3.52. The largest absolute Gasteiger partial charge is 0.395 e. The number of sulfone groups is 1. The Morgan fingerprint density at radius 1 is 1.44 bits per heavy atom. The number of aliphatic hydroxyl groups excluding tert-OH is 1. The molecule has 0 spiro atoms. The molecule has 0 saturated heterocycles. The van der Waals surface area contributed by atoms with Gasteiger partial charge in [0.25, 0.3) is 6.43 Å². The van der Waals surface area contributed by atoms with Crippen LogP contribution >= 0.6 is 0 Å². The van der Waals surface area contributed by atoms with Gasteiger partial charge < -0.3 is 10.0 Å². The number of carbonyl (C=O) groups excluding carboxylic acids is 1. The number of nitrogens with zero attached hydrogens (tertiary/aromatic N) is 1. The van der Waals surface area contributed by atoms with Gasteiger partial charge in [0.2, 0.25) is 5.91 Å². The van der Waals surface area contributed by atoms with Gasteiger partial charge in [-0.3, -0.25) is 4.79 Å². The van der Waals surface area contributed by atoms with E-state index in [-0.39, 0.29) is 6.54 Å². The summed E-state index contributed by atoms with van der Waals surface area (Å²) in [5, 5.41) is 7.22. The number of rotatable bonds is 6. The fourth-order valence-corrected chi connectivity index (χ4v) is 1.53. The van der Waals surface area contributed by atoms with Crippen molar-refractivity contribution in [2.75, 3.05) is 26.0 Å². The summed E-state index contributed by atoms with van der Waals surface area (Å²) >= 11 is 0. The Hall–Kier alpha value is -0.760. The van der Waals surface area contributed by atoms with Crippen molar-refractivity contribution >= 4 is 15.7 Å². The number of hydrogen-bond acceptors (Lipinski definition) is 4. The van der Waals surface area contributed by atoms with Gasteiger partial charge in [-0.15, -0.1) is 0 Å². The SMILES string of the molecule is CC(C(=O)N(CCO)CC(F)F)S(C)(=O)=O. The highest BCUT2D eigenvalue weighted by atomic mass is 32.2. The topological polar surface area (TPSA) is 74.7 Å². The summed E-state index contributed by atoms with van der Waals surface area (Å²) in [5.41, 5.74) is 0. The van der Waals surface area contributed by atoms with Crippen LogP contribution in [0.3, 0.4) is 0 Å². The van der Waals surface area contributed by atoms with Gasteiger partial charge in [-0.1, -0.05) is 0 Å². The van der Waals surface area contributed by atoms with Crippen molar-refractivity contribution in [3.8, 4) is 0 Å². The molecule has 1 atom stereocenters. The van der Waals surface area contributed by atoms with Gasteiger partial charge in [-0.2, -0.15) is 0 Å². The van der Waals surface area contributed by atoms with Crippen molar-refractivity contribution in [3.05, 3.63) is 0 Å². The smallest absolute Gasteiger partial charge is 0.255 e. The molecule has 1 amide bonds. The lowest BCUT2D eigenvalue weighted by Gasteiger charge is -2.23. The van der Waals surface area contributed by atoms with Crippen molar-refractivity contribution in [2.24, 2.45) is 0 Å². The fraction of sp³-hybridized carbons (Fsp3) is 0.875. The molecule has 0 aliphatic carbocycles. The second-order valence-corrected chi connectivity index (χ2v) is 5.74. The number of aliphatic hydroxyl groups is 1. The number of hydrogen-bond donors (Lipinski definition) is 1. The Kier molecular flexibility index (Phi) is 5.80. The van der Waals surface area contributed by atoms with Gasteiger partial charge >= 0.3 is 0 Å². The first-order valence-corrected chi connectivity index (χ1v) is 6.52. The van der Waals surface area contributed by atoms with E-state index < -0.39 is 40.6 Å². The predicted molar refractivity (Wildman–Crippen MR) is 54.0 cm³/mol. The van der Waals surface area contributed by atoms with Crippen LogP contribution in [-0.4, -0.2) is 62.0 Å². The zero-order chi connectivity index (χ0) is 12.9. The van der Waals surface area contributed by atoms with Crippen molar-refractivity contribution in [3.63, 3.8) is 0 Å². The minimum Gasteiger partial charge on any atom is -0.395 e. The molecular formula is C8H15F2NO4S. The van der Waals surface area contributed by atoms with E-state index in [1.54, 1.807) is 0 Å². The number of amides is 1. The monoisotopic (exact) mass is 259 g/mol. The van der Waals surface area contributed by atoms with Crippen LogP contribution in [0.15, 0.2) is 0 Å². The Balaban J connectivity index is 4.74. The van der Waals surface area contributed by atoms with Crippen LogP contribution in [0.5, 0.6) is 0 Å². The first kappa shape index (κ1) is 15.2. The lowest BCUT2D eigenvalue weighted by atomic mass is 10.3. The lowest BCUT2D eigenvalue weighted by molar-refractivity contribution is -0.132. The summed E-state index contributed by atoms with van der Waals surface area (Å²) in [4.78, 5) is 12.2. The van der Waals surface area contributed by atoms with Crippen LogP contribution in [0.4, 0.5) is 8.78 Å². The summed E-state index contributed by atoms with van der Waals surface area (Å²) < 4.78 is 46.3. The average Bonchev–Trinajstić information content (AvgIpc) is 2.12. The van der Waals surface area contributed by atoms with E-state index in [4.69, 9.17) is 5.11 Å². The molecule has 0 aromatic rings. The molecule has 16 heavy (non-hydrogen) atoms. The highest BCUT2D eigenvalue weighted by Gasteiger charge is 2.29. The second kappa shape index (κ2) is 6.09. The van der Waals surface area contributed by atoms with E-state index in [0.717, 1.165) is 13.2 Å². The highest BCUT2D eigenvalue weighted by molar-refractivity contribution is 7.92. The first-order valence-electron chi connectivity index (χ1n) is 4.56. The lowest BCUT2D eigenvalue weighted by Crippen LogP contribution is -2.44. The van der Waals surface area contributed by atoms with Crippen molar-refractivity contribution < 1.29 is 27.1 Å². The van der Waals surface area contributed by atoms with E-state index in [1.165, 1.54) is 0 Å². The molecule has 1 unspecified atom stereocenters. The second-order valence-electron chi connectivity index (χ2n) is 3.37. The Morgan fingerprint density at radius 3 is 2.25 bits per heavy atom. The maximum Gasteiger partial charge on any atom is 0.255 e. The number of alkyl halides is 2. The van der Waals surface area contributed by atoms with Crippen LogP contribution in [0, 0.1) is 0 Å². The number of halogens is 2. The molecular weight excluding hydrogens is 244 g/mol. The highest BCUT2D eigenvalue weighted by Crippen LogP contribution is 2.06. The van der Waals surface area contributed by atoms with Crippen LogP contribution in [0.2, 0.25) is 0 Å². The molecule has 0 heterocycles. The molecule has 0 fully saturated rings. The molecule has 8 heteroatoms. The fourth-order valence-electron chi connectivity index (χ4n) is 1.02. The van der Waals surface area contributed by atoms with Gasteiger partial charge in [-0.25, -0.2) is 17.2 Å². The van der Waals surface area contributed by atoms with E-state index in [2.05, 4.69) is 0 Å². The normalized spacial score (nSPS) is 13.9. The van der Waals surface area contributed by atoms with Crippen molar-refractivity contribution in [1.82, 2.24) is 4.90 Å². The molecule has 0 aromatic carbocycles. The summed E-state index contributed by atoms with van der Waals surface area (Å²) in [6.07, 6.45) is -1.91. The van der Waals surface area contributed by atoms with E-state index in [0.29, 0.717) is 4.90 Å². The standard InChI is InChI=1S/C8H15F2NO4S/c1-6(16(2,14)15)8(13)11(3-4-12)5-7(9)10/h6-7,12H,3-5H2,1-2H3. The first-order chi connectivity index (χ1) is 7.20. The van der Waals surface area contributed by atoms with Crippen molar-refractivity contribution in [2.45, 2.75) is 18.6 Å². The maximum absolute atomic E-state index is 12.1. The molecule has 0 rings (SSSR count). The van der Waals surface area contributed by atoms with E-state index in [1.807, 2.05) is 0 Å². The zero-order valence-electron chi connectivity index (χ0n) is 9.06. The summed E-state index contributed by atoms with van der Waals surface area (Å²) in [6.45, 7) is -0.537. The third kappa shape index (κ3) is 4.84.